The van der Waals surface area contributed by atoms with Crippen LogP contribution >= 0.6 is 0 Å². The van der Waals surface area contributed by atoms with Crippen molar-refractivity contribution < 1.29 is 95.3 Å². The third-order valence-corrected chi connectivity index (χ3v) is 17.4. The molecule has 23 heteroatoms. The molecule has 0 N–H and O–H groups in total. The maximum absolute atomic E-state index is 14.3. The second kappa shape index (κ2) is 13.0. The van der Waals surface area contributed by atoms with Gasteiger partial charge < -0.3 is 0 Å². The Morgan fingerprint density at radius 1 is 0.405 bits per heavy atom. The third-order valence-electron chi connectivity index (χ3n) is 5.73. The van der Waals surface area contributed by atoms with Crippen LogP contribution in [-0.2, 0) is 3.07 Å². The molecule has 0 rings (SSSR count). The van der Waals surface area contributed by atoms with E-state index in [9.17, 15) is 92.2 Å². The zero-order valence-electron chi connectivity index (χ0n) is 20.7. The molecule has 0 heterocycles. The van der Waals surface area contributed by atoms with Gasteiger partial charge in [-0.1, -0.05) is 0 Å². The van der Waals surface area contributed by atoms with E-state index < -0.39 is 99.2 Å². The third kappa shape index (κ3) is 8.94. The van der Waals surface area contributed by atoms with Crippen LogP contribution in [0, 0.1) is 0 Å². The van der Waals surface area contributed by atoms with E-state index in [4.69, 9.17) is 0 Å². The number of hydrogen-bond acceptors (Lipinski definition) is 1. The molecule has 0 radical (unpaired) electrons. The number of rotatable bonds is 16. The fourth-order valence-electron chi connectivity index (χ4n) is 3.50. The Morgan fingerprint density at radius 2 is 0.667 bits per heavy atom. The van der Waals surface area contributed by atoms with Crippen molar-refractivity contribution in [2.45, 2.75) is 106 Å². The summed E-state index contributed by atoms with van der Waals surface area (Å²) in [6.45, 7) is -0.0402. The van der Waals surface area contributed by atoms with E-state index in [0.717, 1.165) is 0 Å². The quantitative estimate of drug-likeness (QED) is 0.0861. The van der Waals surface area contributed by atoms with Gasteiger partial charge in [-0.15, -0.1) is 0 Å². The van der Waals surface area contributed by atoms with Crippen molar-refractivity contribution in [2.24, 2.45) is 0 Å². The molecule has 0 aliphatic heterocycles. The topological polar surface area (TPSA) is 9.23 Å². The standard InChI is InChI=1S/C7H15O.3C4H2F7.Sn/c1-2-3-4-5-6-7-8;3*1-2(5,6)3(7,8)4(9,10)11;/h2-7H2,1H3;3*1H2;/q-1;;;;+1. The molecular formula is C19H21F21OSn. The summed E-state index contributed by atoms with van der Waals surface area (Å²) in [4.78, 5) is 0. The van der Waals surface area contributed by atoms with Gasteiger partial charge in [-0.3, -0.25) is 0 Å². The van der Waals surface area contributed by atoms with Gasteiger partial charge in [0.15, 0.2) is 0 Å². The van der Waals surface area contributed by atoms with Gasteiger partial charge >= 0.3 is 227 Å². The van der Waals surface area contributed by atoms with Crippen LogP contribution in [0.2, 0.25) is 13.3 Å². The van der Waals surface area contributed by atoms with Gasteiger partial charge in [0.05, 0.1) is 0 Å². The van der Waals surface area contributed by atoms with Gasteiger partial charge in [-0.2, -0.15) is 0 Å². The Morgan fingerprint density at radius 3 is 0.905 bits per heavy atom. The van der Waals surface area contributed by atoms with Gasteiger partial charge in [0.1, 0.15) is 0 Å². The zero-order valence-corrected chi connectivity index (χ0v) is 23.6. The molecule has 0 aliphatic rings. The van der Waals surface area contributed by atoms with Gasteiger partial charge in [-0.05, 0) is 0 Å². The summed E-state index contributed by atoms with van der Waals surface area (Å²) in [7, 11) is 0. The van der Waals surface area contributed by atoms with E-state index in [-0.39, 0.29) is 12.8 Å². The first-order valence-corrected chi connectivity index (χ1v) is 18.5. The second-order valence-electron chi connectivity index (χ2n) is 9.31. The number of halogens is 21. The van der Waals surface area contributed by atoms with Crippen LogP contribution in [0.3, 0.4) is 0 Å². The van der Waals surface area contributed by atoms with Crippen molar-refractivity contribution in [1.29, 1.82) is 0 Å². The van der Waals surface area contributed by atoms with Gasteiger partial charge in [0.25, 0.3) is 0 Å². The summed E-state index contributed by atoms with van der Waals surface area (Å²) in [6, 6.07) is 0. The molecule has 0 saturated carbocycles. The summed E-state index contributed by atoms with van der Waals surface area (Å²) in [5.74, 6) is -43.4. The Balaban J connectivity index is 7.33. The predicted molar refractivity (Wildman–Crippen MR) is 103 cm³/mol. The van der Waals surface area contributed by atoms with Crippen molar-refractivity contribution in [3.63, 3.8) is 0 Å². The van der Waals surface area contributed by atoms with Crippen molar-refractivity contribution in [3.05, 3.63) is 0 Å². The molecule has 0 unspecified atom stereocenters. The average molecular weight is 783 g/mol. The fraction of sp³-hybridized carbons (Fsp3) is 1.00. The van der Waals surface area contributed by atoms with E-state index in [1.54, 1.807) is 6.92 Å². The van der Waals surface area contributed by atoms with Crippen LogP contribution in [0.15, 0.2) is 0 Å². The molecule has 0 aromatic rings. The zero-order chi connectivity index (χ0) is 34.1. The van der Waals surface area contributed by atoms with E-state index in [1.807, 2.05) is 0 Å². The first-order chi connectivity index (χ1) is 18.2. The van der Waals surface area contributed by atoms with Crippen LogP contribution < -0.4 is 0 Å². The normalized spacial score (nSPS) is 15.9. The summed E-state index contributed by atoms with van der Waals surface area (Å²) in [6.07, 6.45) is -22.3. The Labute approximate surface area is 227 Å². The van der Waals surface area contributed by atoms with Crippen molar-refractivity contribution in [1.82, 2.24) is 0 Å². The van der Waals surface area contributed by atoms with Crippen LogP contribution in [-0.4, -0.2) is 79.5 Å². The molecule has 0 atom stereocenters. The monoisotopic (exact) mass is 784 g/mol. The molecule has 0 bridgehead atoms. The minimum atomic E-state index is -8.61. The van der Waals surface area contributed by atoms with Crippen molar-refractivity contribution >= 4 is 18.8 Å². The van der Waals surface area contributed by atoms with E-state index in [0.29, 0.717) is 12.8 Å². The summed E-state index contributed by atoms with van der Waals surface area (Å²) >= 11 is -8.61. The molecule has 0 spiro atoms. The maximum atomic E-state index is 14.3. The molecule has 0 aromatic heterocycles. The van der Waals surface area contributed by atoms with Crippen LogP contribution in [0.4, 0.5) is 92.2 Å². The Kier molecular flexibility index (Phi) is 12.7. The van der Waals surface area contributed by atoms with E-state index in [2.05, 4.69) is 3.07 Å². The Hall–Kier alpha value is -0.711. The SMILES string of the molecule is CCCCCCC[O][Sn]([CH2]C(F)(F)C(F)(F)C(F)(F)F)([CH2]C(F)(F)C(F)(F)C(F)(F)F)[CH2]C(F)(F)C(F)(F)C(F)(F)F. The number of alkyl halides is 21. The summed E-state index contributed by atoms with van der Waals surface area (Å²) in [5, 5.41) is 0. The minimum absolute atomic E-state index is 0.0926. The first-order valence-electron chi connectivity index (χ1n) is 11.3. The molecule has 1 nitrogen and oxygen atoms in total. The molecule has 42 heavy (non-hydrogen) atoms. The van der Waals surface area contributed by atoms with Crippen LogP contribution in [0.1, 0.15) is 39.0 Å². The molecule has 254 valence electrons. The van der Waals surface area contributed by atoms with Gasteiger partial charge in [-0.25, -0.2) is 0 Å². The summed E-state index contributed by atoms with van der Waals surface area (Å²) in [5.41, 5.74) is 0. The van der Waals surface area contributed by atoms with Crippen LogP contribution in [0.25, 0.3) is 0 Å². The van der Waals surface area contributed by atoms with E-state index >= 15 is 0 Å². The average Bonchev–Trinajstić information content (AvgIpc) is 2.72. The van der Waals surface area contributed by atoms with Gasteiger partial charge in [0.2, 0.25) is 0 Å². The Bertz CT molecular complexity index is 759. The molecule has 0 aromatic carbocycles. The predicted octanol–water partition coefficient (Wildman–Crippen LogP) is 10.4. The van der Waals surface area contributed by atoms with E-state index in [1.165, 1.54) is 0 Å². The molecule has 0 aliphatic carbocycles. The number of hydrogen-bond donors (Lipinski definition) is 0. The van der Waals surface area contributed by atoms with Crippen LogP contribution in [0.5, 0.6) is 0 Å². The molecular weight excluding hydrogens is 762 g/mol. The summed E-state index contributed by atoms with van der Waals surface area (Å²) < 4.78 is 273. The first kappa shape index (κ1) is 41.3. The van der Waals surface area contributed by atoms with Crippen molar-refractivity contribution in [3.8, 4) is 0 Å². The van der Waals surface area contributed by atoms with Gasteiger partial charge in [0, 0.05) is 0 Å². The molecule has 0 amide bonds. The molecule has 0 saturated heterocycles. The number of unbranched alkanes of at least 4 members (excludes halogenated alkanes) is 4. The second-order valence-corrected chi connectivity index (χ2v) is 19.9. The fourth-order valence-corrected chi connectivity index (χ4v) is 15.9. The van der Waals surface area contributed by atoms with Crippen molar-refractivity contribution in [2.75, 3.05) is 6.61 Å². The molecule has 0 fully saturated rings.